The maximum absolute atomic E-state index is 3.68. The third kappa shape index (κ3) is 2.14. The SMILES string of the molecule is CC(C)(C)/C=C/C1NC2CCC1C2. The molecule has 3 unspecified atom stereocenters. The highest BCUT2D eigenvalue weighted by Crippen LogP contribution is 2.36. The second-order valence-electron chi connectivity index (χ2n) is 5.69. The standard InChI is InChI=1S/C12H21N/c1-12(2,3)7-6-11-9-4-5-10(8-9)13-11/h6-7,9-11,13H,4-5,8H2,1-3H3/b7-6+. The lowest BCUT2D eigenvalue weighted by Crippen LogP contribution is -2.34. The number of allylic oxidation sites excluding steroid dienone is 1. The predicted molar refractivity (Wildman–Crippen MR) is 56.6 cm³/mol. The minimum absolute atomic E-state index is 0.337. The summed E-state index contributed by atoms with van der Waals surface area (Å²) < 4.78 is 0. The van der Waals surface area contributed by atoms with E-state index in [4.69, 9.17) is 0 Å². The average Bonchev–Trinajstić information content (AvgIpc) is 2.58. The van der Waals surface area contributed by atoms with Gasteiger partial charge in [-0.3, -0.25) is 0 Å². The number of rotatable bonds is 1. The molecule has 0 amide bonds. The van der Waals surface area contributed by atoms with E-state index in [0.717, 1.165) is 12.0 Å². The van der Waals surface area contributed by atoms with Crippen LogP contribution in [0.2, 0.25) is 0 Å². The molecule has 1 aliphatic carbocycles. The molecule has 0 spiro atoms. The summed E-state index contributed by atoms with van der Waals surface area (Å²) in [5.74, 6) is 0.934. The fourth-order valence-electron chi connectivity index (χ4n) is 2.51. The van der Waals surface area contributed by atoms with Gasteiger partial charge in [-0.25, -0.2) is 0 Å². The lowest BCUT2D eigenvalue weighted by Gasteiger charge is -2.21. The van der Waals surface area contributed by atoms with Gasteiger partial charge in [-0.1, -0.05) is 32.9 Å². The van der Waals surface area contributed by atoms with Gasteiger partial charge in [0.25, 0.3) is 0 Å². The van der Waals surface area contributed by atoms with Crippen LogP contribution >= 0.6 is 0 Å². The average molecular weight is 179 g/mol. The molecule has 2 fully saturated rings. The van der Waals surface area contributed by atoms with Crippen LogP contribution in [-0.4, -0.2) is 12.1 Å². The van der Waals surface area contributed by atoms with Gasteiger partial charge in [0.1, 0.15) is 0 Å². The molecular weight excluding hydrogens is 158 g/mol. The maximum atomic E-state index is 3.68. The van der Waals surface area contributed by atoms with Gasteiger partial charge in [0, 0.05) is 12.1 Å². The monoisotopic (exact) mass is 179 g/mol. The van der Waals surface area contributed by atoms with Crippen LogP contribution in [0.15, 0.2) is 12.2 Å². The van der Waals surface area contributed by atoms with Gasteiger partial charge in [0.2, 0.25) is 0 Å². The molecule has 1 heterocycles. The topological polar surface area (TPSA) is 12.0 Å². The smallest absolute Gasteiger partial charge is 0.0281 e. The van der Waals surface area contributed by atoms with Gasteiger partial charge in [0.05, 0.1) is 0 Å². The molecule has 0 aromatic heterocycles. The number of fused-ring (bicyclic) bond motifs is 2. The van der Waals surface area contributed by atoms with Crippen molar-refractivity contribution in [2.75, 3.05) is 0 Å². The van der Waals surface area contributed by atoms with Crippen molar-refractivity contribution in [2.24, 2.45) is 11.3 Å². The van der Waals surface area contributed by atoms with Crippen LogP contribution in [0.4, 0.5) is 0 Å². The summed E-state index contributed by atoms with van der Waals surface area (Å²) in [7, 11) is 0. The highest BCUT2D eigenvalue weighted by molar-refractivity contribution is 5.08. The van der Waals surface area contributed by atoms with Crippen LogP contribution < -0.4 is 5.32 Å². The normalized spacial score (nSPS) is 39.2. The lowest BCUT2D eigenvalue weighted by atomic mass is 9.92. The Bertz CT molecular complexity index is 212. The van der Waals surface area contributed by atoms with E-state index < -0.39 is 0 Å². The first-order valence-corrected chi connectivity index (χ1v) is 5.50. The Morgan fingerprint density at radius 1 is 1.23 bits per heavy atom. The fraction of sp³-hybridized carbons (Fsp3) is 0.833. The molecule has 2 aliphatic rings. The first-order valence-electron chi connectivity index (χ1n) is 5.50. The van der Waals surface area contributed by atoms with E-state index in [0.29, 0.717) is 11.5 Å². The number of piperidine rings is 1. The zero-order chi connectivity index (χ0) is 9.47. The van der Waals surface area contributed by atoms with Crippen LogP contribution in [-0.2, 0) is 0 Å². The summed E-state index contributed by atoms with van der Waals surface area (Å²) in [6, 6.07) is 1.51. The Morgan fingerprint density at radius 3 is 2.46 bits per heavy atom. The molecule has 0 aromatic rings. The number of nitrogens with one attached hydrogen (secondary N) is 1. The minimum Gasteiger partial charge on any atom is -0.307 e. The van der Waals surface area contributed by atoms with Gasteiger partial charge in [-0.15, -0.1) is 0 Å². The molecule has 1 saturated heterocycles. The summed E-state index contributed by atoms with van der Waals surface area (Å²) in [5.41, 5.74) is 0.337. The van der Waals surface area contributed by atoms with Gasteiger partial charge >= 0.3 is 0 Å². The largest absolute Gasteiger partial charge is 0.307 e. The molecule has 0 aromatic carbocycles. The van der Waals surface area contributed by atoms with E-state index in [9.17, 15) is 0 Å². The fourth-order valence-corrected chi connectivity index (χ4v) is 2.51. The quantitative estimate of drug-likeness (QED) is 0.610. The Morgan fingerprint density at radius 2 is 2.00 bits per heavy atom. The molecular formula is C12H21N. The lowest BCUT2D eigenvalue weighted by molar-refractivity contribution is 0.430. The van der Waals surface area contributed by atoms with Crippen LogP contribution in [0.1, 0.15) is 40.0 Å². The Hall–Kier alpha value is -0.300. The van der Waals surface area contributed by atoms with Crippen LogP contribution in [0, 0.1) is 11.3 Å². The molecule has 2 bridgehead atoms. The second kappa shape index (κ2) is 3.13. The molecule has 74 valence electrons. The third-order valence-electron chi connectivity index (χ3n) is 3.21. The summed E-state index contributed by atoms with van der Waals surface area (Å²) >= 11 is 0. The van der Waals surface area contributed by atoms with Crippen molar-refractivity contribution in [3.63, 3.8) is 0 Å². The predicted octanol–water partition coefficient (Wildman–Crippen LogP) is 2.73. The summed E-state index contributed by atoms with van der Waals surface area (Å²) in [5, 5.41) is 3.68. The molecule has 1 aliphatic heterocycles. The van der Waals surface area contributed by atoms with E-state index in [1.165, 1.54) is 19.3 Å². The highest BCUT2D eigenvalue weighted by Gasteiger charge is 2.37. The molecule has 1 nitrogen and oxygen atoms in total. The van der Waals surface area contributed by atoms with E-state index >= 15 is 0 Å². The van der Waals surface area contributed by atoms with Crippen molar-refractivity contribution in [3.8, 4) is 0 Å². The van der Waals surface area contributed by atoms with Gasteiger partial charge in [0.15, 0.2) is 0 Å². The third-order valence-corrected chi connectivity index (χ3v) is 3.21. The number of hydrogen-bond acceptors (Lipinski definition) is 1. The molecule has 1 saturated carbocycles. The molecule has 1 heteroatoms. The summed E-state index contributed by atoms with van der Waals surface area (Å²) in [6.07, 6.45) is 9.01. The Kier molecular flexibility index (Phi) is 2.23. The van der Waals surface area contributed by atoms with E-state index in [2.05, 4.69) is 38.2 Å². The zero-order valence-electron chi connectivity index (χ0n) is 9.01. The van der Waals surface area contributed by atoms with Crippen molar-refractivity contribution in [2.45, 2.75) is 52.1 Å². The number of hydrogen-bond donors (Lipinski definition) is 1. The van der Waals surface area contributed by atoms with Crippen LogP contribution in [0.25, 0.3) is 0 Å². The maximum Gasteiger partial charge on any atom is 0.0281 e. The van der Waals surface area contributed by atoms with Crippen molar-refractivity contribution in [1.82, 2.24) is 5.32 Å². The van der Waals surface area contributed by atoms with Crippen molar-refractivity contribution in [1.29, 1.82) is 0 Å². The van der Waals surface area contributed by atoms with Gasteiger partial charge < -0.3 is 5.32 Å². The van der Waals surface area contributed by atoms with E-state index in [-0.39, 0.29) is 0 Å². The van der Waals surface area contributed by atoms with Crippen molar-refractivity contribution >= 4 is 0 Å². The van der Waals surface area contributed by atoms with Crippen LogP contribution in [0.5, 0.6) is 0 Å². The second-order valence-corrected chi connectivity index (χ2v) is 5.69. The first-order chi connectivity index (χ1) is 6.04. The van der Waals surface area contributed by atoms with Gasteiger partial charge in [-0.05, 0) is 30.6 Å². The summed E-state index contributed by atoms with van der Waals surface area (Å²) in [6.45, 7) is 6.78. The highest BCUT2D eigenvalue weighted by atomic mass is 15.0. The summed E-state index contributed by atoms with van der Waals surface area (Å²) in [4.78, 5) is 0. The Labute approximate surface area is 81.6 Å². The zero-order valence-corrected chi connectivity index (χ0v) is 9.01. The molecule has 13 heavy (non-hydrogen) atoms. The van der Waals surface area contributed by atoms with Crippen molar-refractivity contribution < 1.29 is 0 Å². The van der Waals surface area contributed by atoms with Crippen molar-refractivity contribution in [3.05, 3.63) is 12.2 Å². The van der Waals surface area contributed by atoms with Crippen LogP contribution in [0.3, 0.4) is 0 Å². The van der Waals surface area contributed by atoms with E-state index in [1.807, 2.05) is 0 Å². The van der Waals surface area contributed by atoms with Gasteiger partial charge in [-0.2, -0.15) is 0 Å². The Balaban J connectivity index is 1.93. The molecule has 2 rings (SSSR count). The minimum atomic E-state index is 0.337. The molecule has 1 N–H and O–H groups in total. The first kappa shape index (κ1) is 9.26. The molecule has 0 radical (unpaired) electrons. The van der Waals surface area contributed by atoms with E-state index in [1.54, 1.807) is 0 Å². The molecule has 3 atom stereocenters.